The monoisotopic (exact) mass is 324 g/mol. The van der Waals surface area contributed by atoms with Crippen LogP contribution in [0.5, 0.6) is 0 Å². The van der Waals surface area contributed by atoms with Crippen LogP contribution in [0.25, 0.3) is 0 Å². The number of hydrogen-bond acceptors (Lipinski definition) is 5. The lowest BCUT2D eigenvalue weighted by molar-refractivity contribution is -0.385. The van der Waals surface area contributed by atoms with Crippen LogP contribution < -0.4 is 5.32 Å². The highest BCUT2D eigenvalue weighted by Crippen LogP contribution is 2.28. The number of amides is 1. The Bertz CT molecular complexity index is 717. The zero-order valence-corrected chi connectivity index (χ0v) is 12.4. The van der Waals surface area contributed by atoms with Crippen molar-refractivity contribution in [2.75, 3.05) is 6.54 Å². The van der Waals surface area contributed by atoms with Gasteiger partial charge in [-0.05, 0) is 13.0 Å². The highest BCUT2D eigenvalue weighted by atomic mass is 32.1. The van der Waals surface area contributed by atoms with E-state index in [1.807, 2.05) is 0 Å². The number of nitrogens with zero attached hydrogens (tertiary/aromatic N) is 1. The number of aliphatic hydroxyl groups is 1. The molecule has 0 aliphatic carbocycles. The van der Waals surface area contributed by atoms with Crippen molar-refractivity contribution in [2.24, 2.45) is 0 Å². The first-order valence-electron chi connectivity index (χ1n) is 6.35. The van der Waals surface area contributed by atoms with Crippen LogP contribution in [0.2, 0.25) is 0 Å². The quantitative estimate of drug-likeness (QED) is 0.653. The van der Waals surface area contributed by atoms with E-state index in [0.717, 1.165) is 11.3 Å². The molecule has 0 radical (unpaired) electrons. The fourth-order valence-electron chi connectivity index (χ4n) is 1.90. The summed E-state index contributed by atoms with van der Waals surface area (Å²) in [5.74, 6) is -1.11. The average molecular weight is 324 g/mol. The summed E-state index contributed by atoms with van der Waals surface area (Å²) in [6.07, 6.45) is -1.19. The molecule has 8 heteroatoms. The number of nitrogens with one attached hydrogen (secondary N) is 1. The van der Waals surface area contributed by atoms with Gasteiger partial charge in [0.1, 0.15) is 5.82 Å². The summed E-state index contributed by atoms with van der Waals surface area (Å²) in [4.78, 5) is 22.7. The molecule has 22 heavy (non-hydrogen) atoms. The van der Waals surface area contributed by atoms with Crippen LogP contribution >= 0.6 is 11.3 Å². The molecule has 116 valence electrons. The second kappa shape index (κ2) is 6.63. The summed E-state index contributed by atoms with van der Waals surface area (Å²) in [6.45, 7) is 1.36. The van der Waals surface area contributed by atoms with Gasteiger partial charge < -0.3 is 10.4 Å². The first-order chi connectivity index (χ1) is 10.4. The number of carbonyl (C=O) groups excluding carboxylic acids is 1. The van der Waals surface area contributed by atoms with E-state index in [1.54, 1.807) is 13.0 Å². The lowest BCUT2D eigenvalue weighted by Crippen LogP contribution is -2.28. The van der Waals surface area contributed by atoms with Crippen LogP contribution in [-0.2, 0) is 0 Å². The number of aryl methyl sites for hydroxylation is 1. The van der Waals surface area contributed by atoms with Gasteiger partial charge in [-0.25, -0.2) is 4.39 Å². The van der Waals surface area contributed by atoms with Crippen molar-refractivity contribution in [1.82, 2.24) is 5.32 Å². The second-order valence-corrected chi connectivity index (χ2v) is 5.81. The van der Waals surface area contributed by atoms with Crippen molar-refractivity contribution in [3.8, 4) is 0 Å². The highest BCUT2D eigenvalue weighted by Gasteiger charge is 2.20. The largest absolute Gasteiger partial charge is 0.386 e. The zero-order valence-electron chi connectivity index (χ0n) is 11.6. The highest BCUT2D eigenvalue weighted by molar-refractivity contribution is 7.14. The van der Waals surface area contributed by atoms with Gasteiger partial charge in [0.25, 0.3) is 11.6 Å². The fourth-order valence-corrected chi connectivity index (χ4v) is 2.80. The van der Waals surface area contributed by atoms with Crippen LogP contribution in [0, 0.1) is 22.9 Å². The number of aliphatic hydroxyl groups excluding tert-OH is 1. The molecule has 1 aromatic heterocycles. The standard InChI is InChI=1S/C14H13FN2O4S/c1-8-11(17(20)21)6-13(22-8)14(19)16-7-12(18)9-4-2-3-5-10(9)15/h2-6,12,18H,7H2,1H3,(H,16,19)/t12-/m1/s1. The van der Waals surface area contributed by atoms with Crippen LogP contribution in [-0.4, -0.2) is 22.5 Å². The molecule has 0 fully saturated rings. The minimum absolute atomic E-state index is 0.0798. The predicted molar refractivity (Wildman–Crippen MR) is 79.4 cm³/mol. The Morgan fingerprint density at radius 3 is 2.77 bits per heavy atom. The van der Waals surface area contributed by atoms with E-state index in [9.17, 15) is 24.4 Å². The summed E-state index contributed by atoms with van der Waals surface area (Å²) in [6, 6.07) is 6.90. The summed E-state index contributed by atoms with van der Waals surface area (Å²) < 4.78 is 13.5. The summed E-state index contributed by atoms with van der Waals surface area (Å²) in [7, 11) is 0. The Morgan fingerprint density at radius 2 is 2.18 bits per heavy atom. The maximum absolute atomic E-state index is 13.5. The molecule has 0 aliphatic rings. The molecule has 2 aromatic rings. The first-order valence-corrected chi connectivity index (χ1v) is 7.17. The lowest BCUT2D eigenvalue weighted by Gasteiger charge is -2.12. The zero-order chi connectivity index (χ0) is 16.3. The van der Waals surface area contributed by atoms with Gasteiger partial charge in [0.05, 0.1) is 20.8 Å². The van der Waals surface area contributed by atoms with Crippen LogP contribution in [0.1, 0.15) is 26.2 Å². The van der Waals surface area contributed by atoms with E-state index in [-0.39, 0.29) is 22.7 Å². The third-order valence-corrected chi connectivity index (χ3v) is 4.07. The Labute approximate surface area is 129 Å². The number of carbonyl (C=O) groups is 1. The van der Waals surface area contributed by atoms with Crippen molar-refractivity contribution in [3.05, 3.63) is 61.6 Å². The van der Waals surface area contributed by atoms with E-state index in [4.69, 9.17) is 0 Å². The summed E-state index contributed by atoms with van der Waals surface area (Å²) in [5.41, 5.74) is -0.0408. The third-order valence-electron chi connectivity index (χ3n) is 3.03. The molecule has 1 amide bonds. The molecule has 6 nitrogen and oxygen atoms in total. The third kappa shape index (κ3) is 3.46. The predicted octanol–water partition coefficient (Wildman–Crippen LogP) is 2.57. The van der Waals surface area contributed by atoms with E-state index in [1.165, 1.54) is 24.3 Å². The SMILES string of the molecule is Cc1sc(C(=O)NC[C@@H](O)c2ccccc2F)cc1[N+](=O)[O-]. The molecule has 1 heterocycles. The Hall–Kier alpha value is -2.32. The molecule has 0 saturated carbocycles. The molecule has 0 unspecified atom stereocenters. The maximum Gasteiger partial charge on any atom is 0.283 e. The molecule has 2 rings (SSSR count). The van der Waals surface area contributed by atoms with Crippen LogP contribution in [0.15, 0.2) is 30.3 Å². The van der Waals surface area contributed by atoms with Crippen LogP contribution in [0.3, 0.4) is 0 Å². The van der Waals surface area contributed by atoms with Crippen molar-refractivity contribution < 1.29 is 19.2 Å². The van der Waals surface area contributed by atoms with Gasteiger partial charge in [0, 0.05) is 18.2 Å². The van der Waals surface area contributed by atoms with Crippen molar-refractivity contribution in [2.45, 2.75) is 13.0 Å². The van der Waals surface area contributed by atoms with Crippen molar-refractivity contribution >= 4 is 22.9 Å². The van der Waals surface area contributed by atoms with Gasteiger partial charge in [-0.3, -0.25) is 14.9 Å². The number of nitro groups is 1. The van der Waals surface area contributed by atoms with Gasteiger partial charge in [-0.2, -0.15) is 0 Å². The number of hydrogen-bond donors (Lipinski definition) is 2. The Kier molecular flexibility index (Phi) is 4.84. The topological polar surface area (TPSA) is 92.5 Å². The van der Waals surface area contributed by atoms with E-state index in [0.29, 0.717) is 4.88 Å². The van der Waals surface area contributed by atoms with Gasteiger partial charge >= 0.3 is 0 Å². The molecular formula is C14H13FN2O4S. The Balaban J connectivity index is 2.02. The smallest absolute Gasteiger partial charge is 0.283 e. The van der Waals surface area contributed by atoms with E-state index >= 15 is 0 Å². The summed E-state index contributed by atoms with van der Waals surface area (Å²) >= 11 is 0.992. The van der Waals surface area contributed by atoms with E-state index < -0.39 is 22.8 Å². The fraction of sp³-hybridized carbons (Fsp3) is 0.214. The second-order valence-electron chi connectivity index (χ2n) is 4.56. The van der Waals surface area contributed by atoms with Gasteiger partial charge in [0.2, 0.25) is 0 Å². The molecule has 0 saturated heterocycles. The number of halogens is 1. The number of benzene rings is 1. The van der Waals surface area contributed by atoms with Gasteiger partial charge in [0.15, 0.2) is 0 Å². The lowest BCUT2D eigenvalue weighted by atomic mass is 10.1. The molecular weight excluding hydrogens is 311 g/mol. The average Bonchev–Trinajstić information content (AvgIpc) is 2.87. The summed E-state index contributed by atoms with van der Waals surface area (Å²) in [5, 5.41) is 23.1. The van der Waals surface area contributed by atoms with Gasteiger partial charge in [-0.1, -0.05) is 18.2 Å². The molecule has 1 aromatic carbocycles. The minimum atomic E-state index is -1.19. The van der Waals surface area contributed by atoms with E-state index in [2.05, 4.69) is 5.32 Å². The van der Waals surface area contributed by atoms with Crippen molar-refractivity contribution in [3.63, 3.8) is 0 Å². The first kappa shape index (κ1) is 16.1. The van der Waals surface area contributed by atoms with Crippen LogP contribution in [0.4, 0.5) is 10.1 Å². The molecule has 2 N–H and O–H groups in total. The number of thiophene rings is 1. The normalized spacial score (nSPS) is 12.0. The van der Waals surface area contributed by atoms with Crippen molar-refractivity contribution in [1.29, 1.82) is 0 Å². The Morgan fingerprint density at radius 1 is 1.50 bits per heavy atom. The van der Waals surface area contributed by atoms with Gasteiger partial charge in [-0.15, -0.1) is 11.3 Å². The molecule has 0 spiro atoms. The molecule has 0 aliphatic heterocycles. The molecule has 0 bridgehead atoms. The molecule has 1 atom stereocenters. The number of rotatable bonds is 5. The minimum Gasteiger partial charge on any atom is -0.386 e. The maximum atomic E-state index is 13.5.